The second kappa shape index (κ2) is 29.3. The maximum Gasteiger partial charge on any atom is 0.179 e. The monoisotopic (exact) mass is 1660 g/mol. The zero-order valence-electron chi connectivity index (χ0n) is 69.2. The van der Waals surface area contributed by atoms with Crippen LogP contribution in [0.1, 0.15) is 0 Å². The number of benzene rings is 20. The van der Waals surface area contributed by atoms with Crippen molar-refractivity contribution in [2.75, 3.05) is 0 Å². The van der Waals surface area contributed by atoms with Crippen LogP contribution < -0.4 is 83.0 Å². The molecule has 0 amide bonds. The first-order valence-electron chi connectivity index (χ1n) is 44.0. The van der Waals surface area contributed by atoms with E-state index in [4.69, 9.17) is 0 Å². The third-order valence-corrected chi connectivity index (χ3v) is 47.3. The quantitative estimate of drug-likeness (QED) is 0.0673. The van der Waals surface area contributed by atoms with Crippen molar-refractivity contribution in [2.45, 2.75) is 0 Å². The molecule has 25 rings (SSSR count). The number of hydrogen-bond donors (Lipinski definition) is 0. The van der Waals surface area contributed by atoms with Crippen molar-refractivity contribution in [1.29, 1.82) is 0 Å². The molecule has 0 radical (unpaired) electrons. The van der Waals surface area contributed by atoms with E-state index in [1.165, 1.54) is 202 Å². The minimum Gasteiger partial charge on any atom is -0.306 e. The largest absolute Gasteiger partial charge is 0.306 e. The number of aromatic nitrogens is 2. The first kappa shape index (κ1) is 73.6. The van der Waals surface area contributed by atoms with Gasteiger partial charge in [-0.05, 0) is 127 Å². The summed E-state index contributed by atoms with van der Waals surface area (Å²) in [6, 6.07) is 194. The number of fused-ring (bicyclic) bond motifs is 23. The van der Waals surface area contributed by atoms with E-state index >= 15 is 0 Å². The molecule has 0 aliphatic carbocycles. The Hall–Kier alpha value is -15.1. The van der Waals surface area contributed by atoms with Gasteiger partial charge in [-0.15, -0.1) is 0 Å². The van der Waals surface area contributed by atoms with Crippen LogP contribution in [0.15, 0.2) is 497 Å². The number of rotatable bonds is 16. The van der Waals surface area contributed by atoms with Gasteiger partial charge in [-0.1, -0.05) is 485 Å². The number of nitrogens with zero attached hydrogens (tertiary/aromatic N) is 2. The fourth-order valence-corrected chi connectivity index (χ4v) is 42.5. The predicted octanol–water partition coefficient (Wildman–Crippen LogP) is 18.7. The fraction of sp³-hybridized carbons (Fsp3) is 0. The van der Waals surface area contributed by atoms with Crippen molar-refractivity contribution in [2.24, 2.45) is 0 Å². The van der Waals surface area contributed by atoms with Gasteiger partial charge in [0.1, 0.15) is 0 Å². The highest BCUT2D eigenvalue weighted by atomic mass is 28.3. The van der Waals surface area contributed by atoms with Crippen LogP contribution in [0.25, 0.3) is 119 Å². The van der Waals surface area contributed by atoms with Crippen molar-refractivity contribution < 1.29 is 0 Å². The van der Waals surface area contributed by atoms with Crippen LogP contribution in [-0.4, -0.2) is 41.1 Å². The van der Waals surface area contributed by atoms with Crippen LogP contribution in [0.4, 0.5) is 0 Å². The van der Waals surface area contributed by atoms with Gasteiger partial charge in [0.05, 0.1) is 33.1 Å². The molecular weight excluding hydrogens is 1580 g/mol. The van der Waals surface area contributed by atoms with Crippen LogP contribution in [0, 0.1) is 0 Å². The molecule has 25 aromatic rings. The Morgan fingerprint density at radius 2 is 0.286 bits per heavy atom. The molecule has 21 aromatic carbocycles. The Bertz CT molecular complexity index is 7630. The van der Waals surface area contributed by atoms with Crippen molar-refractivity contribution in [3.8, 4) is 0 Å². The Morgan fingerprint density at radius 3 is 0.508 bits per heavy atom. The van der Waals surface area contributed by atoms with E-state index in [1.807, 2.05) is 0 Å². The highest BCUT2D eigenvalue weighted by Gasteiger charge is 2.48. The van der Waals surface area contributed by atoms with E-state index in [9.17, 15) is 0 Å². The molecule has 0 atom stereocenters. The summed E-state index contributed by atoms with van der Waals surface area (Å²) in [4.78, 5) is 0. The fourth-order valence-electron chi connectivity index (χ4n) is 23.3. The van der Waals surface area contributed by atoms with Crippen molar-refractivity contribution in [3.63, 3.8) is 0 Å². The molecule has 2 nitrogen and oxygen atoms in total. The standard InChI is InChI=1S/C120H82N2Si4/c1-13-43-83(44-14-1)123(84-45-15-2-16-46-84,85-47-17-3-18-48-85)95-73-75-111-105(77-95)107-79-97(125(89-55-25-7-26-56-89,90-57-27-8-28-58-90)91-59-29-9-30-60-91)81-109-115-113-103-71-41-39-69-101(103)99-67-37-38-68-100(99)102-70-40-42-72-104(102)114(113)116-110-82-98(126(92-61-31-10-32-62-92,93-63-33-11-34-64-93)94-65-35-12-36-66-94)80-108-106-78-96(74-76-112(106)122(118(108)110)120(116)119(115)121(111)117(107)109)124(86-49-19-4-20-50-86,87-51-21-5-22-52-87)88-53-23-6-24-54-88/h1-82H. The van der Waals surface area contributed by atoms with E-state index < -0.39 is 32.3 Å². The van der Waals surface area contributed by atoms with Gasteiger partial charge in [0.2, 0.25) is 0 Å². The lowest BCUT2D eigenvalue weighted by Gasteiger charge is -2.35. The zero-order valence-corrected chi connectivity index (χ0v) is 73.2. The molecule has 4 aromatic heterocycles. The van der Waals surface area contributed by atoms with Crippen molar-refractivity contribution in [3.05, 3.63) is 497 Å². The topological polar surface area (TPSA) is 8.82 Å². The molecular formula is C120H82N2Si4. The predicted molar refractivity (Wildman–Crippen MR) is 549 cm³/mol. The van der Waals surface area contributed by atoms with Gasteiger partial charge in [-0.25, -0.2) is 0 Å². The summed E-state index contributed by atoms with van der Waals surface area (Å²) in [6.45, 7) is 0. The van der Waals surface area contributed by atoms with Gasteiger partial charge in [-0.2, -0.15) is 0 Å². The zero-order chi connectivity index (χ0) is 83.1. The lowest BCUT2D eigenvalue weighted by Crippen LogP contribution is -2.74. The van der Waals surface area contributed by atoms with Crippen LogP contribution in [0.5, 0.6) is 0 Å². The van der Waals surface area contributed by atoms with E-state index in [-0.39, 0.29) is 0 Å². The molecule has 4 heterocycles. The van der Waals surface area contributed by atoms with Gasteiger partial charge in [-0.3, -0.25) is 0 Å². The third kappa shape index (κ3) is 10.5. The molecule has 0 aliphatic rings. The Balaban J connectivity index is 0.976. The summed E-state index contributed by atoms with van der Waals surface area (Å²) < 4.78 is 5.62. The van der Waals surface area contributed by atoms with Crippen molar-refractivity contribution >= 4 is 235 Å². The second-order valence-electron chi connectivity index (χ2n) is 34.2. The van der Waals surface area contributed by atoms with Gasteiger partial charge in [0, 0.05) is 53.9 Å². The van der Waals surface area contributed by atoms with Gasteiger partial charge < -0.3 is 8.80 Å². The molecule has 0 bridgehead atoms. The van der Waals surface area contributed by atoms with Gasteiger partial charge in [0.15, 0.2) is 32.3 Å². The van der Waals surface area contributed by atoms with E-state index in [1.54, 1.807) is 0 Å². The maximum atomic E-state index is 2.81. The summed E-state index contributed by atoms with van der Waals surface area (Å²) in [6.07, 6.45) is 0. The lowest BCUT2D eigenvalue weighted by atomic mass is 9.89. The smallest absolute Gasteiger partial charge is 0.179 e. The van der Waals surface area contributed by atoms with E-state index in [0.717, 1.165) is 0 Å². The average Bonchev–Trinajstić information content (AvgIpc) is 1.47. The molecule has 588 valence electrons. The summed E-state index contributed by atoms with van der Waals surface area (Å²) in [7, 11) is -13.2. The Morgan fingerprint density at radius 1 is 0.111 bits per heavy atom. The molecule has 6 heteroatoms. The minimum atomic E-state index is -3.40. The van der Waals surface area contributed by atoms with Crippen molar-refractivity contribution in [1.82, 2.24) is 8.80 Å². The maximum absolute atomic E-state index is 3.40. The summed E-state index contributed by atoms with van der Waals surface area (Å²) in [5, 5.41) is 40.9. The first-order valence-corrected chi connectivity index (χ1v) is 52.0. The molecule has 0 saturated heterocycles. The summed E-state index contributed by atoms with van der Waals surface area (Å²) >= 11 is 0. The Labute approximate surface area is 735 Å². The van der Waals surface area contributed by atoms with Gasteiger partial charge in [0.25, 0.3) is 0 Å². The second-order valence-corrected chi connectivity index (χ2v) is 49.4. The van der Waals surface area contributed by atoms with Crippen LogP contribution in [-0.2, 0) is 0 Å². The molecule has 0 spiro atoms. The highest BCUT2D eigenvalue weighted by molar-refractivity contribution is 7.22. The highest BCUT2D eigenvalue weighted by Crippen LogP contribution is 2.53. The van der Waals surface area contributed by atoms with Crippen LogP contribution in [0.2, 0.25) is 0 Å². The minimum absolute atomic E-state index is 1.17. The van der Waals surface area contributed by atoms with Crippen LogP contribution in [0.3, 0.4) is 0 Å². The van der Waals surface area contributed by atoms with E-state index in [2.05, 4.69) is 506 Å². The SMILES string of the molecule is c1ccc([Si](c2ccccc2)(c2ccccc2)c2ccc3c(c2)c2cc([Si](c4ccccc4)(c4ccccc4)c4ccccc4)cc4c5c6c7ccccc7c7ccccc7c7ccccc7c6c6c7cc([Si](c8ccccc8)(c8ccccc8)c8ccccc8)cc8c9cc([Si](c%10ccccc%10)(c%10ccccc%10)c%10ccccc%10)ccc9n(c87)c6c5n3c24)cc1. The first-order chi connectivity index (χ1) is 62.6. The normalized spacial score (nSPS) is 12.4. The van der Waals surface area contributed by atoms with Crippen LogP contribution >= 0.6 is 0 Å². The molecule has 0 N–H and O–H groups in total. The summed E-state index contributed by atoms with van der Waals surface area (Å²) in [5.74, 6) is 0. The van der Waals surface area contributed by atoms with Gasteiger partial charge >= 0.3 is 0 Å². The Kier molecular flexibility index (Phi) is 17.1. The third-order valence-electron chi connectivity index (χ3n) is 28.3. The molecule has 126 heavy (non-hydrogen) atoms. The molecule has 0 fully saturated rings. The van der Waals surface area contributed by atoms with E-state index in [0.29, 0.717) is 0 Å². The molecule has 0 saturated carbocycles. The average molecular weight is 1660 g/mol. The molecule has 0 aliphatic heterocycles. The summed E-state index contributed by atoms with van der Waals surface area (Å²) in [5.41, 5.74) is 7.14. The lowest BCUT2D eigenvalue weighted by molar-refractivity contribution is 1.34. The molecule has 0 unspecified atom stereocenters. The number of hydrogen-bond acceptors (Lipinski definition) is 0.